The molecule has 0 bridgehead atoms. The molecule has 6 heteroatoms. The van der Waals surface area contributed by atoms with Crippen LogP contribution in [0.1, 0.15) is 28.4 Å². The summed E-state index contributed by atoms with van der Waals surface area (Å²) < 4.78 is 25.9. The average Bonchev–Trinajstić information content (AvgIpc) is 3.16. The molecule has 31 heavy (non-hydrogen) atoms. The van der Waals surface area contributed by atoms with Crippen molar-refractivity contribution >= 4 is 38.6 Å². The Labute approximate surface area is 183 Å². The van der Waals surface area contributed by atoms with Crippen LogP contribution < -0.4 is 4.74 Å². The number of para-hydroxylation sites is 1. The molecule has 3 aromatic carbocycles. The van der Waals surface area contributed by atoms with Crippen molar-refractivity contribution in [3.05, 3.63) is 95.3 Å². The van der Waals surface area contributed by atoms with Gasteiger partial charge in [0.05, 0.1) is 6.61 Å². The summed E-state index contributed by atoms with van der Waals surface area (Å²) in [6.45, 7) is 2.17. The van der Waals surface area contributed by atoms with Crippen LogP contribution in [0, 0.1) is 5.82 Å². The van der Waals surface area contributed by atoms with Gasteiger partial charge in [-0.2, -0.15) is 0 Å². The first-order chi connectivity index (χ1) is 15.2. The van der Waals surface area contributed by atoms with Gasteiger partial charge in [-0.3, -0.25) is 0 Å². The van der Waals surface area contributed by atoms with E-state index in [0.717, 1.165) is 15.6 Å². The molecule has 0 saturated heterocycles. The molecule has 4 aromatic rings. The lowest BCUT2D eigenvalue weighted by molar-refractivity contribution is 0.0530. The minimum absolute atomic E-state index is 0.106. The third-order valence-electron chi connectivity index (χ3n) is 4.64. The number of carbonyl (C=O) groups excluding carboxylic acids is 1. The van der Waals surface area contributed by atoms with Gasteiger partial charge in [-0.25, -0.2) is 14.2 Å². The predicted octanol–water partition coefficient (Wildman–Crippen LogP) is 6.55. The van der Waals surface area contributed by atoms with Crippen LogP contribution in [-0.2, 0) is 11.3 Å². The molecule has 1 aromatic heterocycles. The number of hydrogen-bond donors (Lipinski definition) is 0. The Bertz CT molecular complexity index is 1250. The number of nitrogens with zero attached hydrogens (tertiary/aromatic N) is 1. The summed E-state index contributed by atoms with van der Waals surface area (Å²) in [6, 6.07) is 21.5. The van der Waals surface area contributed by atoms with E-state index in [2.05, 4.69) is 4.99 Å². The Kier molecular flexibility index (Phi) is 6.38. The largest absolute Gasteiger partial charge is 0.488 e. The van der Waals surface area contributed by atoms with E-state index in [1.54, 1.807) is 37.4 Å². The lowest BCUT2D eigenvalue weighted by Crippen LogP contribution is -2.04. The summed E-state index contributed by atoms with van der Waals surface area (Å²) in [5.41, 5.74) is 1.66. The Hall–Kier alpha value is -3.51. The third-order valence-corrected chi connectivity index (χ3v) is 5.72. The maximum atomic E-state index is 13.9. The molecular formula is C25H20FNO3S. The van der Waals surface area contributed by atoms with E-state index in [-0.39, 0.29) is 12.4 Å². The minimum atomic E-state index is -0.392. The molecule has 0 fully saturated rings. The van der Waals surface area contributed by atoms with Crippen LogP contribution in [0.25, 0.3) is 10.1 Å². The van der Waals surface area contributed by atoms with E-state index in [0.29, 0.717) is 28.5 Å². The van der Waals surface area contributed by atoms with E-state index in [1.165, 1.54) is 17.4 Å². The van der Waals surface area contributed by atoms with Crippen molar-refractivity contribution in [3.8, 4) is 5.75 Å². The Morgan fingerprint density at radius 3 is 2.61 bits per heavy atom. The second-order valence-corrected chi connectivity index (χ2v) is 7.71. The van der Waals surface area contributed by atoms with Crippen molar-refractivity contribution in [2.75, 3.05) is 6.61 Å². The standard InChI is InChI=1S/C25H20FNO3S/c1-2-29-25(28)23-19-11-5-8-14-22(19)31-24(23)27-15-17-9-4-7-13-21(17)30-16-18-10-3-6-12-20(18)26/h3-15H,2,16H2,1H3. The van der Waals surface area contributed by atoms with E-state index >= 15 is 0 Å². The molecular weight excluding hydrogens is 413 g/mol. The number of hydrogen-bond acceptors (Lipinski definition) is 5. The number of halogens is 1. The SMILES string of the molecule is CCOC(=O)c1c(N=Cc2ccccc2OCc2ccccc2F)sc2ccccc12. The monoisotopic (exact) mass is 433 g/mol. The molecule has 0 aliphatic carbocycles. The molecule has 0 atom stereocenters. The first-order valence-corrected chi connectivity index (χ1v) is 10.7. The number of carbonyl (C=O) groups is 1. The molecule has 0 aliphatic heterocycles. The summed E-state index contributed by atoms with van der Waals surface area (Å²) in [4.78, 5) is 17.1. The Balaban J connectivity index is 1.64. The predicted molar refractivity (Wildman–Crippen MR) is 122 cm³/mol. The number of fused-ring (bicyclic) bond motifs is 1. The maximum Gasteiger partial charge on any atom is 0.341 e. The molecule has 4 nitrogen and oxygen atoms in total. The van der Waals surface area contributed by atoms with Gasteiger partial charge in [0.15, 0.2) is 0 Å². The smallest absolute Gasteiger partial charge is 0.341 e. The quantitative estimate of drug-likeness (QED) is 0.245. The lowest BCUT2D eigenvalue weighted by Gasteiger charge is -2.09. The Morgan fingerprint density at radius 2 is 1.77 bits per heavy atom. The van der Waals surface area contributed by atoms with E-state index in [9.17, 15) is 9.18 Å². The number of rotatable bonds is 7. The number of aliphatic imine (C=N–C) groups is 1. The topological polar surface area (TPSA) is 47.9 Å². The molecule has 0 amide bonds. The van der Waals surface area contributed by atoms with Crippen molar-refractivity contribution in [3.63, 3.8) is 0 Å². The van der Waals surface area contributed by atoms with Gasteiger partial charge in [-0.1, -0.05) is 48.5 Å². The highest BCUT2D eigenvalue weighted by Gasteiger charge is 2.19. The van der Waals surface area contributed by atoms with Gasteiger partial charge >= 0.3 is 5.97 Å². The molecule has 1 heterocycles. The minimum Gasteiger partial charge on any atom is -0.488 e. The van der Waals surface area contributed by atoms with Crippen LogP contribution in [0.3, 0.4) is 0 Å². The second kappa shape index (κ2) is 9.53. The maximum absolute atomic E-state index is 13.9. The number of ether oxygens (including phenoxy) is 2. The molecule has 0 saturated carbocycles. The van der Waals surface area contributed by atoms with Crippen LogP contribution in [0.2, 0.25) is 0 Å². The van der Waals surface area contributed by atoms with Crippen LogP contribution >= 0.6 is 11.3 Å². The molecule has 0 radical (unpaired) electrons. The zero-order chi connectivity index (χ0) is 21.6. The highest BCUT2D eigenvalue weighted by Crippen LogP contribution is 2.38. The summed E-state index contributed by atoms with van der Waals surface area (Å²) in [5.74, 6) is -0.123. The highest BCUT2D eigenvalue weighted by molar-refractivity contribution is 7.23. The van der Waals surface area contributed by atoms with Gasteiger partial charge < -0.3 is 9.47 Å². The zero-order valence-electron chi connectivity index (χ0n) is 16.9. The van der Waals surface area contributed by atoms with Crippen molar-refractivity contribution in [1.29, 1.82) is 0 Å². The number of thiophene rings is 1. The molecule has 0 spiro atoms. The fraction of sp³-hybridized carbons (Fsp3) is 0.120. The fourth-order valence-electron chi connectivity index (χ4n) is 3.14. The first-order valence-electron chi connectivity index (χ1n) is 9.85. The van der Waals surface area contributed by atoms with Gasteiger partial charge in [0.1, 0.15) is 28.7 Å². The van der Waals surface area contributed by atoms with Crippen molar-refractivity contribution in [1.82, 2.24) is 0 Å². The zero-order valence-corrected chi connectivity index (χ0v) is 17.7. The van der Waals surface area contributed by atoms with Crippen molar-refractivity contribution in [2.24, 2.45) is 4.99 Å². The van der Waals surface area contributed by atoms with Gasteiger partial charge in [-0.05, 0) is 31.2 Å². The summed E-state index contributed by atoms with van der Waals surface area (Å²) >= 11 is 1.43. The van der Waals surface area contributed by atoms with Crippen LogP contribution in [0.5, 0.6) is 5.75 Å². The third kappa shape index (κ3) is 4.64. The van der Waals surface area contributed by atoms with E-state index in [4.69, 9.17) is 9.47 Å². The van der Waals surface area contributed by atoms with E-state index in [1.807, 2.05) is 42.5 Å². The molecule has 0 N–H and O–H groups in total. The highest BCUT2D eigenvalue weighted by atomic mass is 32.1. The fourth-order valence-corrected chi connectivity index (χ4v) is 4.18. The van der Waals surface area contributed by atoms with Gasteiger partial charge in [0.2, 0.25) is 0 Å². The van der Waals surface area contributed by atoms with Crippen LogP contribution in [0.4, 0.5) is 9.39 Å². The molecule has 0 aliphatic rings. The van der Waals surface area contributed by atoms with Gasteiger partial charge in [0, 0.05) is 27.4 Å². The van der Waals surface area contributed by atoms with Crippen LogP contribution in [-0.4, -0.2) is 18.8 Å². The normalized spacial score (nSPS) is 11.2. The summed E-state index contributed by atoms with van der Waals surface area (Å²) in [7, 11) is 0. The van der Waals surface area contributed by atoms with Gasteiger partial charge in [0.25, 0.3) is 0 Å². The van der Waals surface area contributed by atoms with Gasteiger partial charge in [-0.15, -0.1) is 11.3 Å². The Morgan fingerprint density at radius 1 is 1.03 bits per heavy atom. The van der Waals surface area contributed by atoms with E-state index < -0.39 is 5.97 Å². The average molecular weight is 434 g/mol. The molecule has 0 unspecified atom stereocenters. The molecule has 156 valence electrons. The second-order valence-electron chi connectivity index (χ2n) is 6.67. The van der Waals surface area contributed by atoms with Crippen molar-refractivity contribution in [2.45, 2.75) is 13.5 Å². The van der Waals surface area contributed by atoms with Crippen LogP contribution in [0.15, 0.2) is 77.8 Å². The molecule has 4 rings (SSSR count). The lowest BCUT2D eigenvalue weighted by atomic mass is 10.1. The first kappa shape index (κ1) is 20.8. The van der Waals surface area contributed by atoms with Crippen molar-refractivity contribution < 1.29 is 18.7 Å². The number of esters is 1. The summed E-state index contributed by atoms with van der Waals surface area (Å²) in [6.07, 6.45) is 1.66. The summed E-state index contributed by atoms with van der Waals surface area (Å²) in [5, 5.41) is 1.39. The number of benzene rings is 3.